The molecule has 0 spiro atoms. The van der Waals surface area contributed by atoms with Gasteiger partial charge in [-0.1, -0.05) is 54.6 Å². The number of nitriles is 1. The molecule has 3 aromatic rings. The molecule has 0 N–H and O–H groups in total. The van der Waals surface area contributed by atoms with E-state index in [1.165, 1.54) is 11.8 Å². The third-order valence-corrected chi connectivity index (χ3v) is 9.72. The van der Waals surface area contributed by atoms with Gasteiger partial charge in [0.25, 0.3) is 0 Å². The first-order chi connectivity index (χ1) is 14.6. The number of thioether (sulfide) groups is 1. The molecular weight excluding hydrogens is 405 g/mol. The largest absolute Gasteiger partial charge is 0.369 e. The van der Waals surface area contributed by atoms with Gasteiger partial charge in [0.05, 0.1) is 6.34 Å². The van der Waals surface area contributed by atoms with Gasteiger partial charge in [0.15, 0.2) is 12.3 Å². The van der Waals surface area contributed by atoms with E-state index in [9.17, 15) is 5.26 Å². The zero-order valence-corrected chi connectivity index (χ0v) is 19.1. The molecular formula is C25H25N3PS+. The van der Waals surface area contributed by atoms with E-state index in [4.69, 9.17) is 4.99 Å². The highest BCUT2D eigenvalue weighted by Crippen LogP contribution is 2.63. The van der Waals surface area contributed by atoms with Gasteiger partial charge in [-0.3, -0.25) is 0 Å². The minimum absolute atomic E-state index is 0.719. The van der Waals surface area contributed by atoms with Crippen molar-refractivity contribution < 1.29 is 0 Å². The summed E-state index contributed by atoms with van der Waals surface area (Å²) in [7, 11) is 1.43. The molecule has 0 amide bonds. The zero-order valence-electron chi connectivity index (χ0n) is 17.4. The molecule has 3 rings (SSSR count). The van der Waals surface area contributed by atoms with Gasteiger partial charge in [-0.25, -0.2) is 4.99 Å². The van der Waals surface area contributed by atoms with Crippen LogP contribution < -0.4 is 15.9 Å². The van der Waals surface area contributed by atoms with Crippen LogP contribution in [0.25, 0.3) is 0 Å². The highest BCUT2D eigenvalue weighted by atomic mass is 32.2. The SMILES string of the molecule is CSC(/N=C/N(C)C)=C(\C#N)[P+](c1ccccc1)(c1ccccc1)c1ccccc1. The Balaban J connectivity index is 2.49. The molecule has 3 nitrogen and oxygen atoms in total. The summed E-state index contributed by atoms with van der Waals surface area (Å²) < 4.78 is 0. The van der Waals surface area contributed by atoms with Crippen molar-refractivity contribution in [3.8, 4) is 6.07 Å². The molecule has 3 aromatic carbocycles. The fourth-order valence-corrected chi connectivity index (χ4v) is 8.53. The minimum Gasteiger partial charge on any atom is -0.369 e. The second kappa shape index (κ2) is 10.3. The number of hydrogen-bond donors (Lipinski definition) is 0. The van der Waals surface area contributed by atoms with Crippen molar-refractivity contribution in [2.75, 3.05) is 20.4 Å². The molecule has 0 unspecified atom stereocenters. The van der Waals surface area contributed by atoms with Crippen molar-refractivity contribution in [1.29, 1.82) is 5.26 Å². The fourth-order valence-electron chi connectivity index (χ4n) is 3.43. The van der Waals surface area contributed by atoms with E-state index in [0.717, 1.165) is 26.3 Å². The standard InChI is InChI=1S/C25H25N3PS/c1-28(2)20-27-25(30-3)24(19-26)29(21-13-7-4-8-14-21,22-15-9-5-10-16-22)23-17-11-6-12-18-23/h4-18,20H,1-3H3/q+1/b25-24+,27-20+. The van der Waals surface area contributed by atoms with E-state index in [2.05, 4.69) is 42.5 Å². The summed E-state index contributed by atoms with van der Waals surface area (Å²) in [5, 5.41) is 15.4. The van der Waals surface area contributed by atoms with Crippen LogP contribution >= 0.6 is 19.0 Å². The highest BCUT2D eigenvalue weighted by Gasteiger charge is 2.51. The van der Waals surface area contributed by atoms with Crippen LogP contribution in [-0.4, -0.2) is 31.6 Å². The summed E-state index contributed by atoms with van der Waals surface area (Å²) in [5.41, 5.74) is 0. The molecule has 30 heavy (non-hydrogen) atoms. The maximum absolute atomic E-state index is 10.5. The van der Waals surface area contributed by atoms with Crippen molar-refractivity contribution >= 4 is 41.3 Å². The minimum atomic E-state index is -2.43. The van der Waals surface area contributed by atoms with Crippen LogP contribution in [0.5, 0.6) is 0 Å². The van der Waals surface area contributed by atoms with Crippen LogP contribution in [0.4, 0.5) is 0 Å². The van der Waals surface area contributed by atoms with Crippen LogP contribution in [0.15, 0.2) is 106 Å². The summed E-state index contributed by atoms with van der Waals surface area (Å²) in [6.07, 6.45) is 3.74. The third-order valence-electron chi connectivity index (χ3n) is 4.67. The predicted molar refractivity (Wildman–Crippen MR) is 133 cm³/mol. The molecule has 0 atom stereocenters. The Morgan fingerprint density at radius 1 is 0.833 bits per heavy atom. The van der Waals surface area contributed by atoms with Gasteiger partial charge in [0.2, 0.25) is 5.31 Å². The topological polar surface area (TPSA) is 39.4 Å². The molecule has 150 valence electrons. The van der Waals surface area contributed by atoms with E-state index in [1.807, 2.05) is 79.8 Å². The molecule has 0 radical (unpaired) electrons. The molecule has 5 heteroatoms. The van der Waals surface area contributed by atoms with Crippen molar-refractivity contribution in [2.45, 2.75) is 0 Å². The van der Waals surface area contributed by atoms with Crippen LogP contribution in [-0.2, 0) is 0 Å². The lowest BCUT2D eigenvalue weighted by atomic mass is 10.4. The maximum atomic E-state index is 10.5. The van der Waals surface area contributed by atoms with Crippen molar-refractivity contribution in [2.24, 2.45) is 4.99 Å². The average molecular weight is 431 g/mol. The predicted octanol–water partition coefficient (Wildman–Crippen LogP) is 4.63. The summed E-state index contributed by atoms with van der Waals surface area (Å²) >= 11 is 1.52. The van der Waals surface area contributed by atoms with E-state index in [1.54, 1.807) is 6.34 Å². The van der Waals surface area contributed by atoms with Gasteiger partial charge in [-0.2, -0.15) is 5.26 Å². The zero-order chi connectivity index (χ0) is 21.4. The Bertz CT molecular complexity index is 959. The summed E-state index contributed by atoms with van der Waals surface area (Å²) in [6.45, 7) is 0. The molecule has 0 aliphatic rings. The molecule has 0 aliphatic heterocycles. The average Bonchev–Trinajstić information content (AvgIpc) is 2.80. The molecule has 0 saturated carbocycles. The van der Waals surface area contributed by atoms with Gasteiger partial charge < -0.3 is 4.90 Å². The van der Waals surface area contributed by atoms with Crippen molar-refractivity contribution in [3.05, 3.63) is 101 Å². The van der Waals surface area contributed by atoms with Gasteiger partial charge in [-0.15, -0.1) is 11.8 Å². The monoisotopic (exact) mass is 430 g/mol. The molecule has 0 bridgehead atoms. The first-order valence-corrected chi connectivity index (χ1v) is 12.6. The Labute approximate surface area is 184 Å². The highest BCUT2D eigenvalue weighted by molar-refractivity contribution is 8.04. The normalized spacial score (nSPS) is 12.3. The molecule has 0 fully saturated rings. The Morgan fingerprint density at radius 3 is 1.53 bits per heavy atom. The molecule has 0 saturated heterocycles. The second-order valence-electron chi connectivity index (χ2n) is 6.86. The number of nitrogens with zero attached hydrogens (tertiary/aromatic N) is 3. The van der Waals surface area contributed by atoms with Crippen LogP contribution in [0.2, 0.25) is 0 Å². The van der Waals surface area contributed by atoms with Gasteiger partial charge in [0.1, 0.15) is 22.0 Å². The van der Waals surface area contributed by atoms with Gasteiger partial charge in [-0.05, 0) is 42.7 Å². The lowest BCUT2D eigenvalue weighted by Crippen LogP contribution is -2.32. The van der Waals surface area contributed by atoms with E-state index in [-0.39, 0.29) is 0 Å². The van der Waals surface area contributed by atoms with E-state index >= 15 is 0 Å². The molecule has 0 aromatic heterocycles. The number of aliphatic imine (C=N–C) groups is 1. The second-order valence-corrected chi connectivity index (χ2v) is 11.0. The number of benzene rings is 3. The quantitative estimate of drug-likeness (QED) is 0.238. The maximum Gasteiger partial charge on any atom is 0.217 e. The lowest BCUT2D eigenvalue weighted by Gasteiger charge is -2.27. The van der Waals surface area contributed by atoms with Gasteiger partial charge in [0, 0.05) is 14.1 Å². The van der Waals surface area contributed by atoms with Crippen LogP contribution in [0.1, 0.15) is 0 Å². The fraction of sp³-hybridized carbons (Fsp3) is 0.120. The van der Waals surface area contributed by atoms with E-state index < -0.39 is 7.26 Å². The summed E-state index contributed by atoms with van der Waals surface area (Å²) in [6, 6.07) is 33.8. The first kappa shape index (κ1) is 21.8. The van der Waals surface area contributed by atoms with Crippen LogP contribution in [0.3, 0.4) is 0 Å². The molecule has 0 heterocycles. The first-order valence-electron chi connectivity index (χ1n) is 9.60. The number of allylic oxidation sites excluding steroid dienone is 1. The number of hydrogen-bond acceptors (Lipinski definition) is 3. The Morgan fingerprint density at radius 2 is 1.23 bits per heavy atom. The lowest BCUT2D eigenvalue weighted by molar-refractivity contribution is 0.643. The van der Waals surface area contributed by atoms with Gasteiger partial charge >= 0.3 is 0 Å². The number of rotatable bonds is 7. The Hall–Kier alpha value is -2.86. The van der Waals surface area contributed by atoms with Crippen LogP contribution in [0, 0.1) is 11.3 Å². The summed E-state index contributed by atoms with van der Waals surface area (Å²) in [4.78, 5) is 6.59. The molecule has 0 aliphatic carbocycles. The van der Waals surface area contributed by atoms with Crippen molar-refractivity contribution in [1.82, 2.24) is 4.90 Å². The summed E-state index contributed by atoms with van der Waals surface area (Å²) in [5.74, 6) is 0. The smallest absolute Gasteiger partial charge is 0.217 e. The Kier molecular flexibility index (Phi) is 7.46. The third kappa shape index (κ3) is 4.33. The van der Waals surface area contributed by atoms with Crippen molar-refractivity contribution in [3.63, 3.8) is 0 Å². The van der Waals surface area contributed by atoms with E-state index in [0.29, 0.717) is 0 Å².